The lowest BCUT2D eigenvalue weighted by Crippen LogP contribution is -2.07. The number of halogens is 1. The fraction of sp³-hybridized carbons (Fsp3) is 0.417. The fourth-order valence-corrected chi connectivity index (χ4v) is 1.91. The topological polar surface area (TPSA) is 35.5 Å². The number of carbonyl (C=O) groups excluding carboxylic acids is 1. The van der Waals surface area contributed by atoms with Crippen molar-refractivity contribution in [1.29, 1.82) is 0 Å². The van der Waals surface area contributed by atoms with Gasteiger partial charge in [-0.05, 0) is 36.5 Å². The van der Waals surface area contributed by atoms with E-state index in [0.29, 0.717) is 16.5 Å². The smallest absolute Gasteiger partial charge is 0.340 e. The first-order chi connectivity index (χ1) is 7.72. The molecule has 0 N–H and O–H groups in total. The summed E-state index contributed by atoms with van der Waals surface area (Å²) in [7, 11) is 1.47. The average Bonchev–Trinajstić information content (AvgIpc) is 3.09. The molecule has 16 heavy (non-hydrogen) atoms. The van der Waals surface area contributed by atoms with Crippen molar-refractivity contribution in [2.45, 2.75) is 18.8 Å². The molecular weight excluding hydrogens is 228 g/mol. The van der Waals surface area contributed by atoms with Gasteiger partial charge in [0.15, 0.2) is 6.79 Å². The summed E-state index contributed by atoms with van der Waals surface area (Å²) in [4.78, 5) is 11.5. The molecule has 1 fully saturated rings. The summed E-state index contributed by atoms with van der Waals surface area (Å²) >= 11 is 6.10. The quantitative estimate of drug-likeness (QED) is 0.600. The normalized spacial score (nSPS) is 14.9. The van der Waals surface area contributed by atoms with Crippen LogP contribution in [0.4, 0.5) is 0 Å². The van der Waals surface area contributed by atoms with Crippen LogP contribution in [0.2, 0.25) is 5.02 Å². The zero-order chi connectivity index (χ0) is 11.5. The van der Waals surface area contributed by atoms with Crippen LogP contribution in [0.3, 0.4) is 0 Å². The highest BCUT2D eigenvalue weighted by Gasteiger charge is 2.26. The van der Waals surface area contributed by atoms with Crippen LogP contribution in [0.25, 0.3) is 0 Å². The third kappa shape index (κ3) is 2.54. The largest absolute Gasteiger partial charge is 0.435 e. The van der Waals surface area contributed by atoms with Gasteiger partial charge in [-0.3, -0.25) is 0 Å². The Bertz CT molecular complexity index is 399. The molecule has 1 aliphatic rings. The Labute approximate surface area is 99.3 Å². The zero-order valence-corrected chi connectivity index (χ0v) is 9.79. The number of hydrogen-bond acceptors (Lipinski definition) is 3. The minimum absolute atomic E-state index is 0.0408. The summed E-state index contributed by atoms with van der Waals surface area (Å²) in [5.41, 5.74) is 1.59. The van der Waals surface area contributed by atoms with Gasteiger partial charge in [0, 0.05) is 12.1 Å². The van der Waals surface area contributed by atoms with Crippen molar-refractivity contribution >= 4 is 17.6 Å². The standard InChI is InChI=1S/C12H13ClO3/c1-15-7-16-12(14)9-4-5-10(8-2-3-8)11(13)6-9/h4-6,8H,2-3,7H2,1H3. The molecule has 0 atom stereocenters. The summed E-state index contributed by atoms with van der Waals surface area (Å²) < 4.78 is 9.49. The molecule has 1 aromatic rings. The van der Waals surface area contributed by atoms with Gasteiger partial charge in [-0.25, -0.2) is 4.79 Å². The van der Waals surface area contributed by atoms with Crippen LogP contribution >= 0.6 is 11.6 Å². The third-order valence-corrected chi connectivity index (χ3v) is 2.89. The van der Waals surface area contributed by atoms with E-state index in [4.69, 9.17) is 16.3 Å². The van der Waals surface area contributed by atoms with Gasteiger partial charge >= 0.3 is 5.97 Å². The van der Waals surface area contributed by atoms with Crippen LogP contribution < -0.4 is 0 Å². The van der Waals surface area contributed by atoms with E-state index in [9.17, 15) is 4.79 Å². The molecule has 3 nitrogen and oxygen atoms in total. The molecule has 1 aromatic carbocycles. The van der Waals surface area contributed by atoms with Crippen molar-refractivity contribution in [2.24, 2.45) is 0 Å². The van der Waals surface area contributed by atoms with Gasteiger partial charge in [0.05, 0.1) is 5.56 Å². The number of methoxy groups -OCH3 is 1. The van der Waals surface area contributed by atoms with E-state index in [1.54, 1.807) is 12.1 Å². The number of rotatable bonds is 4. The second-order valence-electron chi connectivity index (χ2n) is 3.85. The molecular formula is C12H13ClO3. The first kappa shape index (κ1) is 11.4. The van der Waals surface area contributed by atoms with Crippen molar-refractivity contribution in [2.75, 3.05) is 13.9 Å². The molecule has 0 unspecified atom stereocenters. The summed E-state index contributed by atoms with van der Waals surface area (Å²) in [5, 5.41) is 0.648. The van der Waals surface area contributed by atoms with E-state index in [2.05, 4.69) is 4.74 Å². The molecule has 0 amide bonds. The highest BCUT2D eigenvalue weighted by Crippen LogP contribution is 2.43. The summed E-state index contributed by atoms with van der Waals surface area (Å²) in [6, 6.07) is 5.31. The predicted molar refractivity (Wildman–Crippen MR) is 60.7 cm³/mol. The maximum Gasteiger partial charge on any atom is 0.340 e. The van der Waals surface area contributed by atoms with E-state index >= 15 is 0 Å². The van der Waals surface area contributed by atoms with Crippen LogP contribution in [0.1, 0.15) is 34.7 Å². The van der Waals surface area contributed by atoms with Gasteiger partial charge in [-0.15, -0.1) is 0 Å². The Morgan fingerprint density at radius 2 is 2.25 bits per heavy atom. The van der Waals surface area contributed by atoms with Gasteiger partial charge in [0.2, 0.25) is 0 Å². The van der Waals surface area contributed by atoms with Gasteiger partial charge in [0.1, 0.15) is 0 Å². The van der Waals surface area contributed by atoms with E-state index in [1.807, 2.05) is 6.07 Å². The van der Waals surface area contributed by atoms with Crippen molar-refractivity contribution < 1.29 is 14.3 Å². The number of esters is 1. The van der Waals surface area contributed by atoms with Crippen LogP contribution in [0.5, 0.6) is 0 Å². The highest BCUT2D eigenvalue weighted by atomic mass is 35.5. The lowest BCUT2D eigenvalue weighted by Gasteiger charge is -2.06. The Balaban J connectivity index is 2.10. The van der Waals surface area contributed by atoms with Gasteiger partial charge in [-0.2, -0.15) is 0 Å². The highest BCUT2D eigenvalue weighted by molar-refractivity contribution is 6.31. The Morgan fingerprint density at radius 3 is 2.81 bits per heavy atom. The van der Waals surface area contributed by atoms with E-state index in [-0.39, 0.29) is 6.79 Å². The predicted octanol–water partition coefficient (Wildman–Crippen LogP) is 2.98. The van der Waals surface area contributed by atoms with Crippen LogP contribution in [-0.2, 0) is 9.47 Å². The number of ether oxygens (including phenoxy) is 2. The minimum atomic E-state index is -0.411. The average molecular weight is 241 g/mol. The first-order valence-electron chi connectivity index (χ1n) is 5.18. The molecule has 4 heteroatoms. The van der Waals surface area contributed by atoms with Crippen LogP contribution in [0.15, 0.2) is 18.2 Å². The van der Waals surface area contributed by atoms with Crippen LogP contribution in [0, 0.1) is 0 Å². The molecule has 1 aliphatic carbocycles. The second-order valence-corrected chi connectivity index (χ2v) is 4.26. The molecule has 1 saturated carbocycles. The number of benzene rings is 1. The summed E-state index contributed by atoms with van der Waals surface area (Å²) in [6.45, 7) is -0.0408. The Kier molecular flexibility index (Phi) is 3.46. The van der Waals surface area contributed by atoms with E-state index in [1.165, 1.54) is 20.0 Å². The van der Waals surface area contributed by atoms with E-state index in [0.717, 1.165) is 5.56 Å². The lowest BCUT2D eigenvalue weighted by molar-refractivity contribution is -0.0125. The molecule has 0 aromatic heterocycles. The SMILES string of the molecule is COCOC(=O)c1ccc(C2CC2)c(Cl)c1. The molecule has 0 saturated heterocycles. The third-order valence-electron chi connectivity index (χ3n) is 2.56. The number of hydrogen-bond donors (Lipinski definition) is 0. The van der Waals surface area contributed by atoms with Crippen molar-refractivity contribution in [3.63, 3.8) is 0 Å². The van der Waals surface area contributed by atoms with Crippen LogP contribution in [-0.4, -0.2) is 19.9 Å². The van der Waals surface area contributed by atoms with Crippen molar-refractivity contribution in [3.05, 3.63) is 34.3 Å². The molecule has 2 rings (SSSR count). The second kappa shape index (κ2) is 4.85. The lowest BCUT2D eigenvalue weighted by atomic mass is 10.1. The molecule has 0 spiro atoms. The fourth-order valence-electron chi connectivity index (χ4n) is 1.58. The van der Waals surface area contributed by atoms with Gasteiger partial charge < -0.3 is 9.47 Å². The molecule has 0 bridgehead atoms. The first-order valence-corrected chi connectivity index (χ1v) is 5.55. The Morgan fingerprint density at radius 1 is 1.50 bits per heavy atom. The zero-order valence-electron chi connectivity index (χ0n) is 9.03. The Hall–Kier alpha value is -1.06. The molecule has 0 radical (unpaired) electrons. The van der Waals surface area contributed by atoms with E-state index < -0.39 is 5.97 Å². The molecule has 0 heterocycles. The van der Waals surface area contributed by atoms with Crippen molar-refractivity contribution in [3.8, 4) is 0 Å². The molecule has 0 aliphatic heterocycles. The van der Waals surface area contributed by atoms with Gasteiger partial charge in [0.25, 0.3) is 0 Å². The monoisotopic (exact) mass is 240 g/mol. The van der Waals surface area contributed by atoms with Crippen molar-refractivity contribution in [1.82, 2.24) is 0 Å². The maximum atomic E-state index is 11.5. The molecule has 86 valence electrons. The van der Waals surface area contributed by atoms with Gasteiger partial charge in [-0.1, -0.05) is 17.7 Å². The minimum Gasteiger partial charge on any atom is -0.435 e. The maximum absolute atomic E-state index is 11.5. The number of carbonyl (C=O) groups is 1. The summed E-state index contributed by atoms with van der Waals surface area (Å²) in [6.07, 6.45) is 2.38. The summed E-state index contributed by atoms with van der Waals surface area (Å²) in [5.74, 6) is 0.169.